The second-order valence-electron chi connectivity index (χ2n) is 4.26. The molecular weight excluding hydrogens is 272 g/mol. The molecule has 0 radical (unpaired) electrons. The highest BCUT2D eigenvalue weighted by Gasteiger charge is 2.04. The highest BCUT2D eigenvalue weighted by Crippen LogP contribution is 2.17. The van der Waals surface area contributed by atoms with Crippen LogP contribution in [-0.4, -0.2) is 23.2 Å². The van der Waals surface area contributed by atoms with Crippen molar-refractivity contribution in [3.63, 3.8) is 0 Å². The van der Waals surface area contributed by atoms with Crippen molar-refractivity contribution in [2.24, 2.45) is 5.10 Å². The molecule has 0 atom stereocenters. The number of hydrogen-bond acceptors (Lipinski definition) is 6. The van der Waals surface area contributed by atoms with E-state index in [1.165, 1.54) is 18.3 Å². The van der Waals surface area contributed by atoms with Gasteiger partial charge >= 0.3 is 0 Å². The molecule has 2 rings (SSSR count). The van der Waals surface area contributed by atoms with Crippen molar-refractivity contribution in [2.75, 3.05) is 12.5 Å². The zero-order chi connectivity index (χ0) is 15.2. The third kappa shape index (κ3) is 3.75. The van der Waals surface area contributed by atoms with Crippen molar-refractivity contribution in [3.8, 4) is 5.75 Å². The molecule has 1 N–H and O–H groups in total. The third-order valence-corrected chi connectivity index (χ3v) is 2.77. The number of aryl methyl sites for hydroxylation is 1. The Bertz CT molecular complexity index is 668. The fourth-order valence-corrected chi connectivity index (χ4v) is 1.72. The first kappa shape index (κ1) is 14.4. The van der Waals surface area contributed by atoms with E-state index in [1.54, 1.807) is 13.3 Å². The summed E-state index contributed by atoms with van der Waals surface area (Å²) >= 11 is 0. The van der Waals surface area contributed by atoms with E-state index in [9.17, 15) is 10.1 Å². The summed E-state index contributed by atoms with van der Waals surface area (Å²) in [6.45, 7) is 1.95. The quantitative estimate of drug-likeness (QED) is 0.518. The number of hydrogen-bond donors (Lipinski definition) is 1. The Hall–Kier alpha value is -2.96. The van der Waals surface area contributed by atoms with E-state index in [-0.39, 0.29) is 5.69 Å². The van der Waals surface area contributed by atoms with Gasteiger partial charge in [-0.2, -0.15) is 5.10 Å². The van der Waals surface area contributed by atoms with Gasteiger partial charge in [0, 0.05) is 6.07 Å². The molecule has 0 fully saturated rings. The second kappa shape index (κ2) is 6.47. The van der Waals surface area contributed by atoms with Gasteiger partial charge in [0.15, 0.2) is 0 Å². The van der Waals surface area contributed by atoms with Crippen LogP contribution in [0.2, 0.25) is 0 Å². The zero-order valence-electron chi connectivity index (χ0n) is 11.6. The lowest BCUT2D eigenvalue weighted by molar-refractivity contribution is -0.385. The lowest BCUT2D eigenvalue weighted by Crippen LogP contribution is -1.95. The van der Waals surface area contributed by atoms with Crippen LogP contribution < -0.4 is 10.2 Å². The molecule has 108 valence electrons. The summed E-state index contributed by atoms with van der Waals surface area (Å²) in [6.07, 6.45) is 2.81. The number of aromatic nitrogens is 1. The summed E-state index contributed by atoms with van der Waals surface area (Å²) in [5, 5.41) is 14.5. The molecule has 7 nitrogen and oxygen atoms in total. The topological polar surface area (TPSA) is 89.6 Å². The van der Waals surface area contributed by atoms with Crippen LogP contribution in [0.1, 0.15) is 11.1 Å². The van der Waals surface area contributed by atoms with Crippen LogP contribution in [0.5, 0.6) is 5.75 Å². The van der Waals surface area contributed by atoms with E-state index in [4.69, 9.17) is 4.74 Å². The minimum Gasteiger partial charge on any atom is -0.496 e. The van der Waals surface area contributed by atoms with Gasteiger partial charge in [-0.1, -0.05) is 0 Å². The average molecular weight is 286 g/mol. The number of rotatable bonds is 5. The normalized spacial score (nSPS) is 10.6. The third-order valence-electron chi connectivity index (χ3n) is 2.77. The Labute approximate surface area is 121 Å². The molecule has 2 aromatic rings. The minimum atomic E-state index is -0.500. The predicted octanol–water partition coefficient (Wildman–Crippen LogP) is 2.75. The Morgan fingerprint density at radius 3 is 2.76 bits per heavy atom. The molecule has 0 saturated carbocycles. The van der Waals surface area contributed by atoms with Crippen molar-refractivity contribution >= 4 is 17.7 Å². The Morgan fingerprint density at radius 1 is 1.38 bits per heavy atom. The van der Waals surface area contributed by atoms with Crippen molar-refractivity contribution in [1.82, 2.24) is 4.98 Å². The molecule has 1 aromatic carbocycles. The lowest BCUT2D eigenvalue weighted by Gasteiger charge is -2.04. The summed E-state index contributed by atoms with van der Waals surface area (Å²) in [5.41, 5.74) is 4.57. The molecule has 0 aliphatic carbocycles. The van der Waals surface area contributed by atoms with Crippen molar-refractivity contribution in [2.45, 2.75) is 6.92 Å². The van der Waals surface area contributed by atoms with Gasteiger partial charge in [0.2, 0.25) is 0 Å². The zero-order valence-corrected chi connectivity index (χ0v) is 11.6. The minimum absolute atomic E-state index is 0.0599. The largest absolute Gasteiger partial charge is 0.496 e. The van der Waals surface area contributed by atoms with E-state index in [2.05, 4.69) is 15.5 Å². The van der Waals surface area contributed by atoms with Crippen LogP contribution in [0.15, 0.2) is 41.6 Å². The maximum absolute atomic E-state index is 10.5. The van der Waals surface area contributed by atoms with Crippen molar-refractivity contribution in [1.29, 1.82) is 0 Å². The summed E-state index contributed by atoms with van der Waals surface area (Å²) in [6, 6.07) is 8.53. The molecule has 7 heteroatoms. The first-order chi connectivity index (χ1) is 10.1. The number of nitrogens with one attached hydrogen (secondary N) is 1. The van der Waals surface area contributed by atoms with Crippen LogP contribution in [-0.2, 0) is 0 Å². The SMILES string of the molecule is COc1ccc(/C=N/Nc2ccc([N+](=O)[O-])cn2)cc1C. The Balaban J connectivity index is 2.01. The van der Waals surface area contributed by atoms with E-state index in [0.717, 1.165) is 16.9 Å². The number of hydrazone groups is 1. The van der Waals surface area contributed by atoms with E-state index in [0.29, 0.717) is 5.82 Å². The van der Waals surface area contributed by atoms with Gasteiger partial charge in [-0.3, -0.25) is 15.5 Å². The van der Waals surface area contributed by atoms with Gasteiger partial charge in [0.05, 0.1) is 18.2 Å². The number of methoxy groups -OCH3 is 1. The van der Waals surface area contributed by atoms with Crippen LogP contribution in [0.3, 0.4) is 0 Å². The highest BCUT2D eigenvalue weighted by molar-refractivity contribution is 5.80. The molecule has 0 saturated heterocycles. The first-order valence-electron chi connectivity index (χ1n) is 6.14. The molecular formula is C14H14N4O3. The number of anilines is 1. The number of nitro groups is 1. The lowest BCUT2D eigenvalue weighted by atomic mass is 10.1. The van der Waals surface area contributed by atoms with Gasteiger partial charge in [-0.15, -0.1) is 0 Å². The molecule has 0 aliphatic heterocycles. The standard InChI is InChI=1S/C14H14N4O3/c1-10-7-11(3-5-13(10)21-2)8-16-17-14-6-4-12(9-15-14)18(19)20/h3-9H,1-2H3,(H,15,17)/b16-8+. The molecule has 0 unspecified atom stereocenters. The summed E-state index contributed by atoms with van der Waals surface area (Å²) < 4.78 is 5.18. The molecule has 21 heavy (non-hydrogen) atoms. The van der Waals surface area contributed by atoms with Gasteiger partial charge in [-0.05, 0) is 42.3 Å². The molecule has 0 bridgehead atoms. The van der Waals surface area contributed by atoms with Crippen LogP contribution in [0.4, 0.5) is 11.5 Å². The second-order valence-corrected chi connectivity index (χ2v) is 4.26. The van der Waals surface area contributed by atoms with Gasteiger partial charge in [0.1, 0.15) is 17.8 Å². The van der Waals surface area contributed by atoms with Gasteiger partial charge in [0.25, 0.3) is 5.69 Å². The molecule has 0 amide bonds. The number of pyridine rings is 1. The maximum atomic E-state index is 10.5. The predicted molar refractivity (Wildman–Crippen MR) is 79.8 cm³/mol. The van der Waals surface area contributed by atoms with Gasteiger partial charge in [-0.25, -0.2) is 4.98 Å². The summed E-state index contributed by atoms with van der Waals surface area (Å²) in [4.78, 5) is 13.9. The average Bonchev–Trinajstić information content (AvgIpc) is 2.48. The van der Waals surface area contributed by atoms with Crippen LogP contribution in [0.25, 0.3) is 0 Å². The fraction of sp³-hybridized carbons (Fsp3) is 0.143. The van der Waals surface area contributed by atoms with E-state index in [1.807, 2.05) is 25.1 Å². The van der Waals surface area contributed by atoms with Crippen molar-refractivity contribution < 1.29 is 9.66 Å². The van der Waals surface area contributed by atoms with Crippen LogP contribution >= 0.6 is 0 Å². The van der Waals surface area contributed by atoms with Crippen LogP contribution in [0, 0.1) is 17.0 Å². The van der Waals surface area contributed by atoms with E-state index >= 15 is 0 Å². The van der Waals surface area contributed by atoms with E-state index < -0.39 is 4.92 Å². The molecule has 1 heterocycles. The highest BCUT2D eigenvalue weighted by atomic mass is 16.6. The first-order valence-corrected chi connectivity index (χ1v) is 6.14. The molecule has 0 aliphatic rings. The number of nitrogens with zero attached hydrogens (tertiary/aromatic N) is 3. The number of ether oxygens (including phenoxy) is 1. The summed E-state index contributed by atoms with van der Waals surface area (Å²) in [5.74, 6) is 1.25. The number of benzene rings is 1. The maximum Gasteiger partial charge on any atom is 0.287 e. The summed E-state index contributed by atoms with van der Waals surface area (Å²) in [7, 11) is 1.62. The molecule has 1 aromatic heterocycles. The Kier molecular flexibility index (Phi) is 4.45. The monoisotopic (exact) mass is 286 g/mol. The van der Waals surface area contributed by atoms with Gasteiger partial charge < -0.3 is 4.74 Å². The fourth-order valence-electron chi connectivity index (χ4n) is 1.72. The smallest absolute Gasteiger partial charge is 0.287 e. The van der Waals surface area contributed by atoms with Crippen molar-refractivity contribution in [3.05, 3.63) is 57.8 Å². The molecule has 0 spiro atoms. The Morgan fingerprint density at radius 2 is 2.19 bits per heavy atom.